The van der Waals surface area contributed by atoms with Crippen molar-refractivity contribution in [2.45, 2.75) is 24.9 Å². The van der Waals surface area contributed by atoms with Gasteiger partial charge >= 0.3 is 41.9 Å². The predicted molar refractivity (Wildman–Crippen MR) is 118 cm³/mol. The molecule has 2 aliphatic rings. The first-order valence-electron chi connectivity index (χ1n) is 9.71. The molecule has 0 nitrogen and oxygen atoms in total. The molecule has 3 aromatic rings. The molecular formula is C26H23Cl2SiZr-. The molecular weight excluding hydrogens is 503 g/mol. The van der Waals surface area contributed by atoms with E-state index in [4.69, 9.17) is 0 Å². The van der Waals surface area contributed by atoms with Gasteiger partial charge in [-0.15, -0.1) is 11.6 Å². The molecule has 4 heteroatoms. The summed E-state index contributed by atoms with van der Waals surface area (Å²) in [5, 5.41) is 0. The zero-order valence-corrected chi connectivity index (χ0v) is 22.0. The standard InChI is InChI=1S/C24H17.C2H6Si.2ClH.Zr/c1-2-8-17(9-3-1)23-16-19-11-5-7-13-21(19)24(23)22-15-14-18-10-4-6-12-20(18)22;1-3-2;;;/h1-14,16,22,24H;1-2H3;2*1H;/q-1;;;;+2/p-2. The number of benzene rings is 3. The number of fused-ring (bicyclic) bond motifs is 2. The van der Waals surface area contributed by atoms with Gasteiger partial charge in [-0.2, -0.15) is 5.56 Å². The molecule has 0 fully saturated rings. The third-order valence-electron chi connectivity index (χ3n) is 5.17. The van der Waals surface area contributed by atoms with Crippen molar-refractivity contribution >= 4 is 23.2 Å². The molecule has 150 valence electrons. The van der Waals surface area contributed by atoms with E-state index in [1.807, 2.05) is 0 Å². The second-order valence-corrected chi connectivity index (χ2v) is 16.9. The Morgan fingerprint density at radius 2 is 1.27 bits per heavy atom. The van der Waals surface area contributed by atoms with Crippen LogP contribution in [0.1, 0.15) is 39.7 Å². The van der Waals surface area contributed by atoms with E-state index in [2.05, 4.69) is 110 Å². The number of hydrogen-bond acceptors (Lipinski definition) is 0. The number of hydrogen-bond donors (Lipinski definition) is 0. The van der Waals surface area contributed by atoms with Crippen molar-refractivity contribution in [1.29, 1.82) is 0 Å². The van der Waals surface area contributed by atoms with E-state index in [1.165, 1.54) is 33.4 Å². The summed E-state index contributed by atoms with van der Waals surface area (Å²) in [4.78, 5) is 0. The first kappa shape index (κ1) is 25.1. The molecule has 2 atom stereocenters. The molecule has 0 N–H and O–H groups in total. The van der Waals surface area contributed by atoms with E-state index in [-0.39, 0.29) is 36.2 Å². The molecule has 30 heavy (non-hydrogen) atoms. The van der Waals surface area contributed by atoms with Crippen LogP contribution >= 0.6 is 0 Å². The summed E-state index contributed by atoms with van der Waals surface area (Å²) in [5.41, 5.74) is 8.37. The maximum absolute atomic E-state index is 3.64. The summed E-state index contributed by atoms with van der Waals surface area (Å²) in [7, 11) is 0. The molecule has 0 aliphatic heterocycles. The van der Waals surface area contributed by atoms with Crippen molar-refractivity contribution in [3.05, 3.63) is 113 Å². The number of rotatable bonds is 2. The van der Waals surface area contributed by atoms with Crippen LogP contribution in [0.2, 0.25) is 13.1 Å². The van der Waals surface area contributed by atoms with Crippen LogP contribution in [-0.4, -0.2) is 5.43 Å². The SMILES string of the molecule is C[Si](C)=[Zr+2].[C-]1=Cc2ccccc2C1C1C(c2ccccc2)=Cc2ccccc21.[Cl-].[Cl-]. The fourth-order valence-electron chi connectivity index (χ4n) is 4.07. The van der Waals surface area contributed by atoms with Crippen LogP contribution in [0.5, 0.6) is 0 Å². The van der Waals surface area contributed by atoms with Gasteiger partial charge in [0.15, 0.2) is 0 Å². The Bertz CT molecular complexity index is 1070. The molecule has 0 saturated heterocycles. The number of allylic oxidation sites excluding steroid dienone is 2. The molecule has 0 heterocycles. The summed E-state index contributed by atoms with van der Waals surface area (Å²) >= 11 is 1.74. The minimum Gasteiger partial charge on any atom is -1.00 e. The van der Waals surface area contributed by atoms with Gasteiger partial charge in [0.05, 0.1) is 0 Å². The predicted octanol–water partition coefficient (Wildman–Crippen LogP) is 0.730. The fraction of sp³-hybridized carbons (Fsp3) is 0.154. The maximum Gasteiger partial charge on any atom is 0.00291 e. The maximum atomic E-state index is 3.64. The monoisotopic (exact) mass is 523 g/mol. The second kappa shape index (κ2) is 11.4. The van der Waals surface area contributed by atoms with Crippen molar-refractivity contribution in [2.75, 3.05) is 0 Å². The third kappa shape index (κ3) is 5.35. The quantitative estimate of drug-likeness (QED) is 0.342. The van der Waals surface area contributed by atoms with Gasteiger partial charge in [-0.1, -0.05) is 84.8 Å². The van der Waals surface area contributed by atoms with Crippen LogP contribution in [-0.2, 0) is 23.3 Å². The van der Waals surface area contributed by atoms with Crippen LogP contribution in [0.3, 0.4) is 0 Å². The summed E-state index contributed by atoms with van der Waals surface area (Å²) in [6.07, 6.45) is 8.15. The first-order chi connectivity index (χ1) is 13.6. The van der Waals surface area contributed by atoms with E-state index < -0.39 is 0 Å². The van der Waals surface area contributed by atoms with Crippen molar-refractivity contribution in [3.63, 3.8) is 0 Å². The molecule has 0 amide bonds. The van der Waals surface area contributed by atoms with Crippen molar-refractivity contribution in [1.82, 2.24) is 0 Å². The minimum atomic E-state index is 0. The smallest absolute Gasteiger partial charge is 0.00291 e. The fourth-order valence-corrected chi connectivity index (χ4v) is 4.07. The summed E-state index contributed by atoms with van der Waals surface area (Å²) in [6.45, 7) is 4.62. The van der Waals surface area contributed by atoms with Crippen LogP contribution < -0.4 is 24.8 Å². The molecule has 0 spiro atoms. The molecule has 2 aliphatic carbocycles. The summed E-state index contributed by atoms with van der Waals surface area (Å²) in [5.74, 6) is 0.625. The molecule has 2 unspecified atom stereocenters. The van der Waals surface area contributed by atoms with E-state index in [1.54, 1.807) is 23.3 Å². The molecule has 0 saturated carbocycles. The Labute approximate surface area is 207 Å². The molecule has 0 bridgehead atoms. The van der Waals surface area contributed by atoms with E-state index in [0.29, 0.717) is 5.92 Å². The zero-order chi connectivity index (χ0) is 19.5. The zero-order valence-electron chi connectivity index (χ0n) is 17.1. The van der Waals surface area contributed by atoms with E-state index in [0.717, 1.165) is 0 Å². The van der Waals surface area contributed by atoms with Gasteiger partial charge in [-0.25, -0.2) is 6.08 Å². The Morgan fingerprint density at radius 3 is 1.93 bits per heavy atom. The molecule has 3 aromatic carbocycles. The molecule has 0 radical (unpaired) electrons. The van der Waals surface area contributed by atoms with Crippen molar-refractivity contribution in [3.8, 4) is 0 Å². The van der Waals surface area contributed by atoms with Crippen LogP contribution in [0.15, 0.2) is 78.9 Å². The van der Waals surface area contributed by atoms with Crippen molar-refractivity contribution < 1.29 is 48.1 Å². The van der Waals surface area contributed by atoms with E-state index >= 15 is 0 Å². The van der Waals surface area contributed by atoms with Crippen LogP contribution in [0, 0.1) is 6.08 Å². The molecule has 5 rings (SSSR count). The Balaban J connectivity index is 0.000000494. The Kier molecular flexibility index (Phi) is 9.57. The van der Waals surface area contributed by atoms with Crippen LogP contribution in [0.25, 0.3) is 17.7 Å². The molecule has 0 aromatic heterocycles. The van der Waals surface area contributed by atoms with E-state index in [9.17, 15) is 0 Å². The number of halogens is 2. The largest absolute Gasteiger partial charge is 1.00 e. The topological polar surface area (TPSA) is 0 Å². The average Bonchev–Trinajstić information content (AvgIpc) is 3.29. The Morgan fingerprint density at radius 1 is 0.733 bits per heavy atom. The van der Waals surface area contributed by atoms with Gasteiger partial charge in [-0.05, 0) is 22.3 Å². The van der Waals surface area contributed by atoms with Crippen LogP contribution in [0.4, 0.5) is 0 Å². The summed E-state index contributed by atoms with van der Waals surface area (Å²) < 4.78 is 0. The van der Waals surface area contributed by atoms with Gasteiger partial charge in [0.1, 0.15) is 0 Å². The Hall–Kier alpha value is -1.18. The van der Waals surface area contributed by atoms with Gasteiger partial charge in [0, 0.05) is 5.92 Å². The van der Waals surface area contributed by atoms with Gasteiger partial charge in [-0.3, -0.25) is 6.08 Å². The van der Waals surface area contributed by atoms with Crippen molar-refractivity contribution in [2.24, 2.45) is 0 Å². The first-order valence-corrected chi connectivity index (χ1v) is 15.9. The van der Waals surface area contributed by atoms with Gasteiger partial charge in [0.2, 0.25) is 0 Å². The minimum absolute atomic E-state index is 0. The second-order valence-electron chi connectivity index (χ2n) is 7.49. The summed E-state index contributed by atoms with van der Waals surface area (Å²) in [6, 6.07) is 28.2. The van der Waals surface area contributed by atoms with Gasteiger partial charge < -0.3 is 24.8 Å². The van der Waals surface area contributed by atoms with Gasteiger partial charge in [0.25, 0.3) is 0 Å². The normalized spacial score (nSPS) is 17.4. The average molecular weight is 526 g/mol. The third-order valence-corrected chi connectivity index (χ3v) is 5.17.